The Hall–Kier alpha value is -1.92. The zero-order valence-corrected chi connectivity index (χ0v) is 14.7. The Labute approximate surface area is 142 Å². The molecule has 0 saturated carbocycles. The maximum atomic E-state index is 12.5. The molecule has 1 fully saturated rings. The van der Waals surface area contributed by atoms with E-state index in [1.54, 1.807) is 0 Å². The number of morpholine rings is 1. The number of amides is 1. The van der Waals surface area contributed by atoms with Crippen LogP contribution in [0.5, 0.6) is 0 Å². The average Bonchev–Trinajstić information content (AvgIpc) is 2.98. The van der Waals surface area contributed by atoms with Crippen LogP contribution in [-0.4, -0.2) is 52.7 Å². The third-order valence-corrected chi connectivity index (χ3v) is 4.70. The number of carbonyl (C=O) groups excluding carboxylic acids is 1. The lowest BCUT2D eigenvalue weighted by molar-refractivity contribution is -0.122. The monoisotopic (exact) mass is 330 g/mol. The molecule has 6 heteroatoms. The van der Waals surface area contributed by atoms with E-state index in [4.69, 9.17) is 4.74 Å². The Bertz CT molecular complexity index is 719. The first kappa shape index (κ1) is 16.9. The summed E-state index contributed by atoms with van der Waals surface area (Å²) in [5.41, 5.74) is 2.86. The van der Waals surface area contributed by atoms with Crippen LogP contribution in [0.3, 0.4) is 0 Å². The van der Waals surface area contributed by atoms with E-state index in [2.05, 4.69) is 33.6 Å². The molecule has 1 aliphatic rings. The van der Waals surface area contributed by atoms with E-state index in [1.165, 1.54) is 0 Å². The summed E-state index contributed by atoms with van der Waals surface area (Å²) in [6.07, 6.45) is 0.901. The molecule has 1 unspecified atom stereocenters. The Morgan fingerprint density at radius 3 is 2.75 bits per heavy atom. The second-order valence-electron chi connectivity index (χ2n) is 6.14. The fourth-order valence-electron chi connectivity index (χ4n) is 3.26. The summed E-state index contributed by atoms with van der Waals surface area (Å²) in [5, 5.41) is 3.03. The molecule has 0 radical (unpaired) electrons. The van der Waals surface area contributed by atoms with Gasteiger partial charge in [-0.3, -0.25) is 9.69 Å². The normalized spacial score (nSPS) is 17.1. The number of carbonyl (C=O) groups is 1. The largest absolute Gasteiger partial charge is 0.379 e. The highest BCUT2D eigenvalue weighted by atomic mass is 16.5. The van der Waals surface area contributed by atoms with Crippen molar-refractivity contribution < 1.29 is 9.53 Å². The summed E-state index contributed by atoms with van der Waals surface area (Å²) < 4.78 is 7.57. The van der Waals surface area contributed by atoms with Crippen molar-refractivity contribution in [3.8, 4) is 0 Å². The van der Waals surface area contributed by atoms with Crippen LogP contribution < -0.4 is 5.32 Å². The fourth-order valence-corrected chi connectivity index (χ4v) is 3.26. The SMILES string of the molecule is CCc1nc2cc(NC(=O)C(C)N3CCOCC3)ccc2n1CC. The summed E-state index contributed by atoms with van der Waals surface area (Å²) in [7, 11) is 0. The van der Waals surface area contributed by atoms with Crippen LogP contribution in [0.4, 0.5) is 5.69 Å². The van der Waals surface area contributed by atoms with Gasteiger partial charge in [0.2, 0.25) is 5.91 Å². The average molecular weight is 330 g/mol. The van der Waals surface area contributed by atoms with Crippen molar-refractivity contribution in [3.63, 3.8) is 0 Å². The lowest BCUT2D eigenvalue weighted by Gasteiger charge is -2.31. The third kappa shape index (κ3) is 3.30. The van der Waals surface area contributed by atoms with Crippen molar-refractivity contribution in [1.82, 2.24) is 14.5 Å². The molecular weight excluding hydrogens is 304 g/mol. The second-order valence-corrected chi connectivity index (χ2v) is 6.14. The van der Waals surface area contributed by atoms with E-state index in [1.807, 2.05) is 25.1 Å². The number of rotatable bonds is 5. The molecule has 0 bridgehead atoms. The molecule has 1 aromatic carbocycles. The van der Waals surface area contributed by atoms with Crippen LogP contribution in [0.25, 0.3) is 11.0 Å². The van der Waals surface area contributed by atoms with Crippen molar-refractivity contribution >= 4 is 22.6 Å². The minimum atomic E-state index is -0.163. The van der Waals surface area contributed by atoms with Crippen LogP contribution in [0.1, 0.15) is 26.6 Å². The molecule has 130 valence electrons. The Kier molecular flexibility index (Phi) is 5.16. The van der Waals surface area contributed by atoms with Crippen molar-refractivity contribution in [1.29, 1.82) is 0 Å². The first-order chi connectivity index (χ1) is 11.6. The summed E-state index contributed by atoms with van der Waals surface area (Å²) >= 11 is 0. The summed E-state index contributed by atoms with van der Waals surface area (Å²) in [4.78, 5) is 19.4. The van der Waals surface area contributed by atoms with E-state index in [0.29, 0.717) is 13.2 Å². The lowest BCUT2D eigenvalue weighted by Crippen LogP contribution is -2.47. The quantitative estimate of drug-likeness (QED) is 0.914. The van der Waals surface area contributed by atoms with E-state index < -0.39 is 0 Å². The molecule has 0 spiro atoms. The van der Waals surface area contributed by atoms with Gasteiger partial charge in [0.25, 0.3) is 0 Å². The van der Waals surface area contributed by atoms with Crippen molar-refractivity contribution in [2.24, 2.45) is 0 Å². The second kappa shape index (κ2) is 7.32. The highest BCUT2D eigenvalue weighted by Crippen LogP contribution is 2.21. The number of fused-ring (bicyclic) bond motifs is 1. The van der Waals surface area contributed by atoms with Gasteiger partial charge in [0.05, 0.1) is 30.3 Å². The Morgan fingerprint density at radius 1 is 1.33 bits per heavy atom. The van der Waals surface area contributed by atoms with E-state index >= 15 is 0 Å². The van der Waals surface area contributed by atoms with E-state index in [-0.39, 0.29) is 11.9 Å². The molecule has 1 aromatic heterocycles. The first-order valence-electron chi connectivity index (χ1n) is 8.75. The summed E-state index contributed by atoms with van der Waals surface area (Å²) in [6.45, 7) is 10.1. The minimum absolute atomic E-state index is 0.0156. The zero-order chi connectivity index (χ0) is 17.1. The van der Waals surface area contributed by atoms with Gasteiger partial charge in [-0.15, -0.1) is 0 Å². The first-order valence-corrected chi connectivity index (χ1v) is 8.75. The number of nitrogens with one attached hydrogen (secondary N) is 1. The number of anilines is 1. The minimum Gasteiger partial charge on any atom is -0.379 e. The number of nitrogens with zero attached hydrogens (tertiary/aromatic N) is 3. The van der Waals surface area contributed by atoms with Crippen LogP contribution in [-0.2, 0) is 22.5 Å². The van der Waals surface area contributed by atoms with Crippen molar-refractivity contribution in [3.05, 3.63) is 24.0 Å². The predicted molar refractivity (Wildman–Crippen MR) is 95.3 cm³/mol. The summed E-state index contributed by atoms with van der Waals surface area (Å²) in [6, 6.07) is 5.80. The molecule has 3 rings (SSSR count). The molecule has 2 aromatic rings. The van der Waals surface area contributed by atoms with Gasteiger partial charge in [-0.25, -0.2) is 4.98 Å². The van der Waals surface area contributed by atoms with Crippen molar-refractivity contribution in [2.75, 3.05) is 31.6 Å². The van der Waals surface area contributed by atoms with Gasteiger partial charge >= 0.3 is 0 Å². The van der Waals surface area contributed by atoms with Crippen molar-refractivity contribution in [2.45, 2.75) is 39.8 Å². The van der Waals surface area contributed by atoms with Gasteiger partial charge in [0.1, 0.15) is 5.82 Å². The molecule has 6 nitrogen and oxygen atoms in total. The molecule has 0 aliphatic carbocycles. The standard InChI is InChI=1S/C18H26N4O2/c1-4-17-20-15-12-14(6-7-16(15)22(17)5-2)19-18(23)13(3)21-8-10-24-11-9-21/h6-7,12-13H,4-5,8-11H2,1-3H3,(H,19,23). The van der Waals surface area contributed by atoms with Crippen LogP contribution in [0, 0.1) is 0 Å². The molecule has 2 heterocycles. The number of ether oxygens (including phenoxy) is 1. The Morgan fingerprint density at radius 2 is 2.08 bits per heavy atom. The molecule has 24 heavy (non-hydrogen) atoms. The molecule has 1 atom stereocenters. The number of benzene rings is 1. The zero-order valence-electron chi connectivity index (χ0n) is 14.7. The molecule has 1 aliphatic heterocycles. The Balaban J connectivity index is 1.76. The van der Waals surface area contributed by atoms with Gasteiger partial charge in [0, 0.05) is 31.7 Å². The van der Waals surface area contributed by atoms with Gasteiger partial charge in [0.15, 0.2) is 0 Å². The third-order valence-electron chi connectivity index (χ3n) is 4.70. The summed E-state index contributed by atoms with van der Waals surface area (Å²) in [5.74, 6) is 1.10. The molecular formula is C18H26N4O2. The topological polar surface area (TPSA) is 59.4 Å². The number of imidazole rings is 1. The van der Waals surface area contributed by atoms with Crippen LogP contribution in [0.2, 0.25) is 0 Å². The van der Waals surface area contributed by atoms with Gasteiger partial charge in [-0.1, -0.05) is 6.92 Å². The van der Waals surface area contributed by atoms with Gasteiger partial charge < -0.3 is 14.6 Å². The predicted octanol–water partition coefficient (Wildman–Crippen LogP) is 2.28. The van der Waals surface area contributed by atoms with E-state index in [9.17, 15) is 4.79 Å². The number of aryl methyl sites for hydroxylation is 2. The fraction of sp³-hybridized carbons (Fsp3) is 0.556. The van der Waals surface area contributed by atoms with Crippen LogP contribution in [0.15, 0.2) is 18.2 Å². The molecule has 1 saturated heterocycles. The smallest absolute Gasteiger partial charge is 0.241 e. The van der Waals surface area contributed by atoms with Gasteiger partial charge in [-0.05, 0) is 32.0 Å². The van der Waals surface area contributed by atoms with Crippen LogP contribution >= 0.6 is 0 Å². The highest BCUT2D eigenvalue weighted by Gasteiger charge is 2.23. The molecule has 1 amide bonds. The number of hydrogen-bond acceptors (Lipinski definition) is 4. The highest BCUT2D eigenvalue weighted by molar-refractivity contribution is 5.96. The number of aromatic nitrogens is 2. The maximum Gasteiger partial charge on any atom is 0.241 e. The van der Waals surface area contributed by atoms with E-state index in [0.717, 1.165) is 48.6 Å². The maximum absolute atomic E-state index is 12.5. The molecule has 1 N–H and O–H groups in total. The lowest BCUT2D eigenvalue weighted by atomic mass is 10.2. The number of hydrogen-bond donors (Lipinski definition) is 1. The van der Waals surface area contributed by atoms with Gasteiger partial charge in [-0.2, -0.15) is 0 Å².